The fourth-order valence-corrected chi connectivity index (χ4v) is 3.29. The number of aliphatic hydroxyl groups is 1. The van der Waals surface area contributed by atoms with Gasteiger partial charge in [0, 0.05) is 25.6 Å². The minimum atomic E-state index is -4.57. The number of methoxy groups -OCH3 is 1. The molecule has 5 rings (SSSR count). The molecule has 1 saturated heterocycles. The summed E-state index contributed by atoms with van der Waals surface area (Å²) in [5, 5.41) is 8.81. The molecular weight excluding hydrogens is 522 g/mol. The Morgan fingerprint density at radius 3 is 1.84 bits per heavy atom. The average Bonchev–Trinajstić information content (AvgIpc) is 3.63. The van der Waals surface area contributed by atoms with Crippen LogP contribution >= 0.6 is 0 Å². The van der Waals surface area contributed by atoms with Gasteiger partial charge in [-0.15, -0.1) is 0 Å². The van der Waals surface area contributed by atoms with Crippen molar-refractivity contribution in [2.45, 2.75) is 39.2 Å². The van der Waals surface area contributed by atoms with Gasteiger partial charge in [-0.2, -0.15) is 26.3 Å². The predicted octanol–water partition coefficient (Wildman–Crippen LogP) is 5.42. The van der Waals surface area contributed by atoms with E-state index in [4.69, 9.17) is 9.84 Å². The number of rotatable bonds is 2. The molecule has 1 aliphatic heterocycles. The van der Waals surface area contributed by atoms with Gasteiger partial charge in [-0.1, -0.05) is 13.5 Å². The number of ether oxygens (including phenoxy) is 2. The normalized spacial score (nSPS) is 13.3. The van der Waals surface area contributed by atoms with Crippen molar-refractivity contribution >= 4 is 17.0 Å². The number of fused-ring (bicyclic) bond motifs is 2. The second-order valence-electron chi connectivity index (χ2n) is 7.67. The standard InChI is InChI=1S/C10H7F3N2O2.C9H7F3N2O.C4H8O.CH4/c1-17-8(16)6-2-3-7-4-14-9(10(11,12)13)15(7)5-6;10-9(11,12)8-13-3-7-2-1-6(5-15)4-14(7)8;1-2-4-5-3-1;/h2-5H,1H3;1-4,15H,5H2;1-4H2;1H4. The molecule has 0 bridgehead atoms. The van der Waals surface area contributed by atoms with Crippen LogP contribution in [0.2, 0.25) is 0 Å². The lowest BCUT2D eigenvalue weighted by molar-refractivity contribution is -0.146. The van der Waals surface area contributed by atoms with Crippen molar-refractivity contribution in [3.63, 3.8) is 0 Å². The van der Waals surface area contributed by atoms with E-state index in [1.807, 2.05) is 0 Å². The number of imidazole rings is 2. The van der Waals surface area contributed by atoms with E-state index in [1.54, 1.807) is 6.07 Å². The van der Waals surface area contributed by atoms with Crippen molar-refractivity contribution < 1.29 is 45.7 Å². The van der Waals surface area contributed by atoms with Gasteiger partial charge in [-0.25, -0.2) is 14.8 Å². The fourth-order valence-electron chi connectivity index (χ4n) is 3.29. The van der Waals surface area contributed by atoms with Crippen molar-refractivity contribution in [1.82, 2.24) is 18.8 Å². The molecule has 8 nitrogen and oxygen atoms in total. The third-order valence-electron chi connectivity index (χ3n) is 5.05. The smallest absolute Gasteiger partial charge is 0.450 e. The van der Waals surface area contributed by atoms with Crippen LogP contribution in [0, 0.1) is 0 Å². The zero-order chi connectivity index (χ0) is 27.2. The summed E-state index contributed by atoms with van der Waals surface area (Å²) in [6.45, 7) is 1.70. The van der Waals surface area contributed by atoms with Crippen LogP contribution in [-0.4, -0.2) is 50.2 Å². The zero-order valence-corrected chi connectivity index (χ0v) is 19.4. The van der Waals surface area contributed by atoms with Gasteiger partial charge in [0.05, 0.1) is 42.7 Å². The number of aromatic nitrogens is 4. The lowest BCUT2D eigenvalue weighted by Crippen LogP contribution is -2.12. The van der Waals surface area contributed by atoms with Crippen molar-refractivity contribution in [3.8, 4) is 0 Å². The molecule has 0 saturated carbocycles. The van der Waals surface area contributed by atoms with Gasteiger partial charge in [-0.05, 0) is 36.6 Å². The summed E-state index contributed by atoms with van der Waals surface area (Å²) in [5.74, 6) is -2.75. The van der Waals surface area contributed by atoms with Crippen molar-refractivity contribution in [2.24, 2.45) is 0 Å². The highest BCUT2D eigenvalue weighted by atomic mass is 19.4. The highest BCUT2D eigenvalue weighted by molar-refractivity contribution is 5.89. The van der Waals surface area contributed by atoms with Crippen LogP contribution < -0.4 is 0 Å². The molecule has 38 heavy (non-hydrogen) atoms. The van der Waals surface area contributed by atoms with Crippen LogP contribution in [0.15, 0.2) is 49.1 Å². The van der Waals surface area contributed by atoms with Crippen LogP contribution in [0.5, 0.6) is 0 Å². The summed E-state index contributed by atoms with van der Waals surface area (Å²) >= 11 is 0. The molecule has 0 amide bonds. The zero-order valence-electron chi connectivity index (χ0n) is 19.4. The van der Waals surface area contributed by atoms with Crippen molar-refractivity contribution in [1.29, 1.82) is 0 Å². The van der Waals surface area contributed by atoms with E-state index >= 15 is 0 Å². The van der Waals surface area contributed by atoms with E-state index in [9.17, 15) is 31.1 Å². The lowest BCUT2D eigenvalue weighted by Gasteiger charge is -2.06. The van der Waals surface area contributed by atoms with Crippen LogP contribution in [-0.2, 0) is 28.4 Å². The Labute approximate surface area is 213 Å². The van der Waals surface area contributed by atoms with Gasteiger partial charge in [-0.3, -0.25) is 8.80 Å². The van der Waals surface area contributed by atoms with E-state index in [-0.39, 0.29) is 25.1 Å². The Kier molecular flexibility index (Phi) is 10.2. The molecule has 4 aromatic heterocycles. The minimum Gasteiger partial charge on any atom is -0.465 e. The number of carbonyl (C=O) groups excluding carboxylic acids is 1. The molecule has 0 aromatic carbocycles. The SMILES string of the molecule is C.C1CCOC1.COC(=O)c1ccc2cnc(C(F)(F)F)n2c1.OCc1ccc2cnc(C(F)(F)F)n2c1. The molecule has 0 atom stereocenters. The second kappa shape index (κ2) is 12.7. The first kappa shape index (κ1) is 30.6. The summed E-state index contributed by atoms with van der Waals surface area (Å²) in [6, 6.07) is 5.78. The van der Waals surface area contributed by atoms with Gasteiger partial charge in [0.15, 0.2) is 0 Å². The van der Waals surface area contributed by atoms with Crippen LogP contribution in [0.3, 0.4) is 0 Å². The maximum atomic E-state index is 12.6. The highest BCUT2D eigenvalue weighted by Gasteiger charge is 2.36. The predicted molar refractivity (Wildman–Crippen MR) is 124 cm³/mol. The molecule has 1 aliphatic rings. The molecular formula is C24H26F6N4O4. The third-order valence-corrected chi connectivity index (χ3v) is 5.05. The number of pyridine rings is 2. The number of esters is 1. The Morgan fingerprint density at radius 1 is 0.921 bits per heavy atom. The maximum absolute atomic E-state index is 12.6. The summed E-state index contributed by atoms with van der Waals surface area (Å²) in [7, 11) is 1.16. The van der Waals surface area contributed by atoms with E-state index in [2.05, 4.69) is 14.7 Å². The second-order valence-corrected chi connectivity index (χ2v) is 7.67. The maximum Gasteiger partial charge on any atom is 0.450 e. The molecule has 0 unspecified atom stereocenters. The van der Waals surface area contributed by atoms with Crippen LogP contribution in [0.1, 0.15) is 47.8 Å². The molecule has 208 valence electrons. The van der Waals surface area contributed by atoms with E-state index in [0.29, 0.717) is 11.1 Å². The van der Waals surface area contributed by atoms with Crippen molar-refractivity contribution in [3.05, 3.63) is 71.8 Å². The summed E-state index contributed by atoms with van der Waals surface area (Å²) in [5.41, 5.74) is 1.04. The number of aliphatic hydroxyl groups excluding tert-OH is 1. The number of nitrogens with zero attached hydrogens (tertiary/aromatic N) is 4. The third kappa shape index (κ3) is 7.44. The molecule has 1 N–H and O–H groups in total. The highest BCUT2D eigenvalue weighted by Crippen LogP contribution is 2.29. The first-order chi connectivity index (χ1) is 17.5. The van der Waals surface area contributed by atoms with E-state index in [0.717, 1.165) is 47.7 Å². The summed E-state index contributed by atoms with van der Waals surface area (Å²) < 4.78 is 86.1. The molecule has 0 aliphatic carbocycles. The van der Waals surface area contributed by atoms with Crippen LogP contribution in [0.25, 0.3) is 11.0 Å². The van der Waals surface area contributed by atoms with Gasteiger partial charge in [0.25, 0.3) is 0 Å². The number of carbonyl (C=O) groups is 1. The lowest BCUT2D eigenvalue weighted by atomic mass is 10.3. The molecule has 5 heterocycles. The Balaban J connectivity index is 0.000000222. The monoisotopic (exact) mass is 548 g/mol. The number of hydrogen-bond acceptors (Lipinski definition) is 6. The number of halogens is 6. The van der Waals surface area contributed by atoms with Gasteiger partial charge in [0.1, 0.15) is 0 Å². The van der Waals surface area contributed by atoms with Gasteiger partial charge >= 0.3 is 18.3 Å². The topological polar surface area (TPSA) is 90.4 Å². The summed E-state index contributed by atoms with van der Waals surface area (Å²) in [6.07, 6.45) is -1.99. The first-order valence-electron chi connectivity index (χ1n) is 10.8. The van der Waals surface area contributed by atoms with Gasteiger partial charge in [0.2, 0.25) is 11.6 Å². The molecule has 1 fully saturated rings. The fraction of sp³-hybridized carbons (Fsp3) is 0.375. The van der Waals surface area contributed by atoms with E-state index < -0.39 is 30.0 Å². The van der Waals surface area contributed by atoms with Crippen molar-refractivity contribution in [2.75, 3.05) is 20.3 Å². The molecule has 0 spiro atoms. The van der Waals surface area contributed by atoms with Crippen LogP contribution in [0.4, 0.5) is 26.3 Å². The minimum absolute atomic E-state index is 0. The Hall–Kier alpha value is -3.65. The molecule has 14 heteroatoms. The largest absolute Gasteiger partial charge is 0.465 e. The average molecular weight is 548 g/mol. The van der Waals surface area contributed by atoms with Gasteiger partial charge < -0.3 is 14.6 Å². The Morgan fingerprint density at radius 2 is 1.42 bits per heavy atom. The number of alkyl halides is 6. The molecule has 0 radical (unpaired) electrons. The number of hydrogen-bond donors (Lipinski definition) is 1. The quantitative estimate of drug-likeness (QED) is 0.266. The Bertz CT molecular complexity index is 1340. The summed E-state index contributed by atoms with van der Waals surface area (Å²) in [4.78, 5) is 17.8. The first-order valence-corrected chi connectivity index (χ1v) is 10.8. The molecule has 4 aromatic rings. The van der Waals surface area contributed by atoms with E-state index in [1.165, 1.54) is 37.2 Å².